The summed E-state index contributed by atoms with van der Waals surface area (Å²) in [5.74, 6) is -0.496. The van der Waals surface area contributed by atoms with Crippen molar-refractivity contribution in [3.8, 4) is 16.9 Å². The lowest BCUT2D eigenvalue weighted by molar-refractivity contribution is -0.134. The van der Waals surface area contributed by atoms with Gasteiger partial charge in [0, 0.05) is 41.0 Å². The number of hydrogen-bond donors (Lipinski definition) is 3. The number of fused-ring (bicyclic) bond motifs is 2. The van der Waals surface area contributed by atoms with E-state index in [-0.39, 0.29) is 35.4 Å². The van der Waals surface area contributed by atoms with Gasteiger partial charge in [0.1, 0.15) is 28.6 Å². The summed E-state index contributed by atoms with van der Waals surface area (Å²) in [6.07, 6.45) is 3.76. The molecular weight excluding hydrogens is 715 g/mol. The first-order chi connectivity index (χ1) is 24.8. The molecule has 1 unspecified atom stereocenters. The zero-order chi connectivity index (χ0) is 37.2. The van der Waals surface area contributed by atoms with Crippen LogP contribution < -0.4 is 10.6 Å². The van der Waals surface area contributed by atoms with Gasteiger partial charge in [-0.1, -0.05) is 35.3 Å². The number of piperazine rings is 1. The molecule has 4 heterocycles. The smallest absolute Gasteiger partial charge is 0.411 e. The molecule has 2 aromatic carbocycles. The Balaban J connectivity index is 1.22. The van der Waals surface area contributed by atoms with Crippen LogP contribution in [0, 0.1) is 0 Å². The number of carbonyl (C=O) groups excluding carboxylic acids is 4. The lowest BCUT2D eigenvalue weighted by atomic mass is 10.1. The number of ether oxygens (including phenoxy) is 2. The Hall–Kier alpha value is -5.48. The number of amides is 4. The Morgan fingerprint density at radius 1 is 1.06 bits per heavy atom. The van der Waals surface area contributed by atoms with E-state index >= 15 is 0 Å². The van der Waals surface area contributed by atoms with Gasteiger partial charge in [-0.25, -0.2) is 14.6 Å². The standard InChI is InChI=1S/C34H36Cl2N10O6/c1-34(2,3)52-33(50)45-17-23-14-24(45)16-44(23)28(48)15-25(31-40-29(30(36)41-31)19-5-9-22(10-6-19)38-32(49)51-4)39-27(47)12-7-20-13-21(35)8-11-26(20)46-18-37-42-43-46/h5-13,18,23-25H,14-17H2,1-4H3,(H,38,49)(H,39,47)(H,40,41)/t23-,24-,25?/m0/s1. The maximum absolute atomic E-state index is 13.9. The molecule has 6 rings (SSSR count). The third kappa shape index (κ3) is 8.35. The highest BCUT2D eigenvalue weighted by molar-refractivity contribution is 6.32. The number of hydrogen-bond acceptors (Lipinski definition) is 10. The summed E-state index contributed by atoms with van der Waals surface area (Å²) in [7, 11) is 1.27. The number of aromatic nitrogens is 6. The van der Waals surface area contributed by atoms with Crippen molar-refractivity contribution < 1.29 is 28.7 Å². The van der Waals surface area contributed by atoms with Gasteiger partial charge >= 0.3 is 12.2 Å². The first-order valence-corrected chi connectivity index (χ1v) is 17.0. The molecule has 2 fully saturated rings. The molecule has 16 nitrogen and oxygen atoms in total. The van der Waals surface area contributed by atoms with Crippen molar-refractivity contribution in [1.82, 2.24) is 45.3 Å². The summed E-state index contributed by atoms with van der Waals surface area (Å²) in [5, 5.41) is 17.4. The lowest BCUT2D eigenvalue weighted by Crippen LogP contribution is -2.52. The number of halogens is 2. The molecule has 2 aliphatic rings. The van der Waals surface area contributed by atoms with Crippen LogP contribution in [0.3, 0.4) is 0 Å². The molecule has 2 bridgehead atoms. The van der Waals surface area contributed by atoms with Crippen molar-refractivity contribution in [2.75, 3.05) is 25.5 Å². The van der Waals surface area contributed by atoms with Crippen molar-refractivity contribution in [3.63, 3.8) is 0 Å². The summed E-state index contributed by atoms with van der Waals surface area (Å²) in [6.45, 7) is 6.13. The second-order valence-corrected chi connectivity index (χ2v) is 14.1. The summed E-state index contributed by atoms with van der Waals surface area (Å²) in [4.78, 5) is 62.9. The van der Waals surface area contributed by atoms with Crippen molar-refractivity contribution in [1.29, 1.82) is 0 Å². The predicted molar refractivity (Wildman–Crippen MR) is 191 cm³/mol. The molecule has 0 saturated carbocycles. The molecule has 2 aromatic heterocycles. The van der Waals surface area contributed by atoms with Crippen LogP contribution in [0.5, 0.6) is 0 Å². The van der Waals surface area contributed by atoms with Crippen LogP contribution in [0.1, 0.15) is 51.0 Å². The molecule has 3 atom stereocenters. The number of benzene rings is 2. The van der Waals surface area contributed by atoms with Crippen molar-refractivity contribution >= 4 is 59.0 Å². The van der Waals surface area contributed by atoms with E-state index in [0.29, 0.717) is 52.7 Å². The normalized spacial score (nSPS) is 17.3. The summed E-state index contributed by atoms with van der Waals surface area (Å²) >= 11 is 12.9. The fourth-order valence-corrected chi connectivity index (χ4v) is 6.58. The Kier molecular flexibility index (Phi) is 10.5. The van der Waals surface area contributed by atoms with Crippen LogP contribution >= 0.6 is 23.2 Å². The quantitative estimate of drug-likeness (QED) is 0.196. The van der Waals surface area contributed by atoms with Crippen LogP contribution in [-0.2, 0) is 19.1 Å². The van der Waals surface area contributed by atoms with E-state index in [0.717, 1.165) is 0 Å². The molecule has 0 spiro atoms. The average molecular weight is 752 g/mol. The number of likely N-dealkylation sites (tertiary alicyclic amines) is 2. The van der Waals surface area contributed by atoms with Gasteiger partial charge in [0.2, 0.25) is 11.8 Å². The third-order valence-electron chi connectivity index (χ3n) is 8.48. The number of tetrazole rings is 1. The van der Waals surface area contributed by atoms with Crippen molar-refractivity contribution in [2.24, 2.45) is 0 Å². The topological polar surface area (TPSA) is 190 Å². The number of rotatable bonds is 9. The largest absolute Gasteiger partial charge is 0.453 e. The van der Waals surface area contributed by atoms with Crippen LogP contribution in [-0.4, -0.2) is 102 Å². The fraction of sp³-hybridized carbons (Fsp3) is 0.353. The van der Waals surface area contributed by atoms with Crippen LogP contribution in [0.25, 0.3) is 23.0 Å². The molecule has 272 valence electrons. The van der Waals surface area contributed by atoms with Crippen LogP contribution in [0.2, 0.25) is 10.2 Å². The van der Waals surface area contributed by atoms with Gasteiger partial charge in [-0.05, 0) is 74.0 Å². The van der Waals surface area contributed by atoms with E-state index in [9.17, 15) is 19.2 Å². The van der Waals surface area contributed by atoms with E-state index in [4.69, 9.17) is 32.9 Å². The Morgan fingerprint density at radius 2 is 1.79 bits per heavy atom. The Morgan fingerprint density at radius 3 is 2.44 bits per heavy atom. The monoisotopic (exact) mass is 750 g/mol. The highest BCUT2D eigenvalue weighted by Gasteiger charge is 2.48. The number of anilines is 1. The number of imidazole rings is 1. The molecule has 4 amide bonds. The SMILES string of the molecule is COC(=O)Nc1ccc(-c2nc(C(CC(=O)N3C[C@@H]4C[C@H]3CN4C(=O)OC(C)(C)C)NC(=O)C=Cc3cc(Cl)ccc3-n3cnnn3)[nH]c2Cl)cc1. The van der Waals surface area contributed by atoms with Crippen LogP contribution in [0.15, 0.2) is 54.9 Å². The molecule has 2 saturated heterocycles. The summed E-state index contributed by atoms with van der Waals surface area (Å²) in [6, 6.07) is 10.5. The number of carbonyl (C=O) groups is 4. The molecule has 0 radical (unpaired) electrons. The average Bonchev–Trinajstić information content (AvgIpc) is 3.92. The molecule has 0 aliphatic carbocycles. The molecule has 3 N–H and O–H groups in total. The number of nitrogens with one attached hydrogen (secondary N) is 3. The first kappa shape index (κ1) is 36.3. The second-order valence-electron chi connectivity index (χ2n) is 13.3. The predicted octanol–water partition coefficient (Wildman–Crippen LogP) is 5.02. The molecule has 2 aliphatic heterocycles. The Labute approximate surface area is 308 Å². The minimum Gasteiger partial charge on any atom is -0.453 e. The lowest BCUT2D eigenvalue weighted by Gasteiger charge is -2.35. The number of nitrogens with zero attached hydrogens (tertiary/aromatic N) is 7. The van der Waals surface area contributed by atoms with Gasteiger partial charge in [-0.2, -0.15) is 4.68 Å². The van der Waals surface area contributed by atoms with Crippen molar-refractivity contribution in [3.05, 3.63) is 76.4 Å². The Bertz CT molecular complexity index is 1990. The van der Waals surface area contributed by atoms with Crippen molar-refractivity contribution in [2.45, 2.75) is 57.3 Å². The zero-order valence-electron chi connectivity index (χ0n) is 28.7. The van der Waals surface area contributed by atoms with Crippen LogP contribution in [0.4, 0.5) is 15.3 Å². The second kappa shape index (κ2) is 15.0. The van der Waals surface area contributed by atoms with E-state index in [2.05, 4.69) is 35.9 Å². The summed E-state index contributed by atoms with van der Waals surface area (Å²) < 4.78 is 11.6. The number of methoxy groups -OCH3 is 1. The third-order valence-corrected chi connectivity index (χ3v) is 8.99. The first-order valence-electron chi connectivity index (χ1n) is 16.3. The van der Waals surface area contributed by atoms with E-state index in [1.165, 1.54) is 24.2 Å². The van der Waals surface area contributed by atoms with Gasteiger partial charge in [-0.15, -0.1) is 5.10 Å². The number of H-pyrrole nitrogens is 1. The number of aromatic amines is 1. The molecule has 18 heteroatoms. The van der Waals surface area contributed by atoms with Gasteiger partial charge < -0.3 is 29.6 Å². The van der Waals surface area contributed by atoms with E-state index in [1.807, 2.05) is 20.8 Å². The van der Waals surface area contributed by atoms with Gasteiger partial charge in [0.15, 0.2) is 0 Å². The van der Waals surface area contributed by atoms with E-state index in [1.54, 1.807) is 58.3 Å². The molecular formula is C34H36Cl2N10O6. The van der Waals surface area contributed by atoms with Gasteiger partial charge in [0.25, 0.3) is 0 Å². The summed E-state index contributed by atoms with van der Waals surface area (Å²) in [5.41, 5.74) is 2.01. The van der Waals surface area contributed by atoms with E-state index < -0.39 is 29.7 Å². The fourth-order valence-electron chi connectivity index (χ4n) is 6.15. The molecule has 4 aromatic rings. The zero-order valence-corrected chi connectivity index (χ0v) is 30.2. The molecule has 52 heavy (non-hydrogen) atoms. The minimum atomic E-state index is -0.921. The highest BCUT2D eigenvalue weighted by atomic mass is 35.5. The maximum Gasteiger partial charge on any atom is 0.411 e. The maximum atomic E-state index is 13.9. The van der Waals surface area contributed by atoms with Gasteiger partial charge in [0.05, 0.1) is 37.3 Å². The van der Waals surface area contributed by atoms with Gasteiger partial charge in [-0.3, -0.25) is 14.9 Å². The highest BCUT2D eigenvalue weighted by Crippen LogP contribution is 2.34. The minimum absolute atomic E-state index is 0.145.